The normalized spacial score (nSPS) is 10.5. The number of hydrogen-bond acceptors (Lipinski definition) is 3. The molecule has 1 rings (SSSR count). The smallest absolute Gasteiger partial charge is 0.279 e. The monoisotopic (exact) mass is 309 g/mol. The molecule has 0 fully saturated rings. The van der Waals surface area contributed by atoms with Crippen LogP contribution in [0.5, 0.6) is 5.75 Å². The van der Waals surface area contributed by atoms with Crippen LogP contribution in [-0.4, -0.2) is 38.8 Å². The SMILES string of the molecule is CCCCOCCC[NH2+]CC(=O)Nc1ccc(OCC)cc1. The molecular weight excluding hydrogens is 280 g/mol. The molecule has 3 N–H and O–H groups in total. The predicted octanol–water partition coefficient (Wildman–Crippen LogP) is 1.79. The summed E-state index contributed by atoms with van der Waals surface area (Å²) in [5.41, 5.74) is 0.796. The first kappa shape index (κ1) is 18.5. The fraction of sp³-hybridized carbons (Fsp3) is 0.588. The Bertz CT molecular complexity index is 407. The summed E-state index contributed by atoms with van der Waals surface area (Å²) in [6, 6.07) is 7.42. The number of unbranched alkanes of at least 4 members (excludes halogenated alkanes) is 1. The van der Waals surface area contributed by atoms with Crippen LogP contribution >= 0.6 is 0 Å². The van der Waals surface area contributed by atoms with Crippen LogP contribution in [-0.2, 0) is 9.53 Å². The molecule has 0 aliphatic carbocycles. The summed E-state index contributed by atoms with van der Waals surface area (Å²) in [7, 11) is 0. The Labute approximate surface area is 133 Å². The summed E-state index contributed by atoms with van der Waals surface area (Å²) in [5, 5.41) is 4.88. The second-order valence-corrected chi connectivity index (χ2v) is 5.11. The first-order valence-electron chi connectivity index (χ1n) is 8.18. The summed E-state index contributed by atoms with van der Waals surface area (Å²) in [6.45, 7) is 7.69. The molecule has 1 aromatic carbocycles. The molecule has 0 aliphatic heterocycles. The Morgan fingerprint density at radius 1 is 1.14 bits per heavy atom. The van der Waals surface area contributed by atoms with Gasteiger partial charge in [0.1, 0.15) is 5.75 Å². The molecule has 5 heteroatoms. The van der Waals surface area contributed by atoms with Crippen LogP contribution in [0.25, 0.3) is 0 Å². The maximum Gasteiger partial charge on any atom is 0.279 e. The largest absolute Gasteiger partial charge is 0.494 e. The number of carbonyl (C=O) groups excluding carboxylic acids is 1. The number of nitrogens with one attached hydrogen (secondary N) is 1. The molecule has 0 saturated carbocycles. The maximum absolute atomic E-state index is 11.8. The van der Waals surface area contributed by atoms with E-state index in [4.69, 9.17) is 9.47 Å². The highest BCUT2D eigenvalue weighted by molar-refractivity contribution is 5.91. The predicted molar refractivity (Wildman–Crippen MR) is 88.2 cm³/mol. The van der Waals surface area contributed by atoms with Crippen LogP contribution in [0.15, 0.2) is 24.3 Å². The highest BCUT2D eigenvalue weighted by Crippen LogP contribution is 2.15. The summed E-state index contributed by atoms with van der Waals surface area (Å²) in [4.78, 5) is 11.8. The number of amides is 1. The van der Waals surface area contributed by atoms with Gasteiger partial charge in [-0.25, -0.2) is 0 Å². The van der Waals surface area contributed by atoms with E-state index in [0.717, 1.165) is 50.5 Å². The minimum Gasteiger partial charge on any atom is -0.494 e. The van der Waals surface area contributed by atoms with Crippen molar-refractivity contribution in [3.05, 3.63) is 24.3 Å². The maximum atomic E-state index is 11.8. The van der Waals surface area contributed by atoms with Gasteiger partial charge in [0.05, 0.1) is 19.8 Å². The van der Waals surface area contributed by atoms with E-state index in [1.807, 2.05) is 36.5 Å². The Hall–Kier alpha value is -1.59. The van der Waals surface area contributed by atoms with E-state index in [2.05, 4.69) is 12.2 Å². The van der Waals surface area contributed by atoms with Crippen LogP contribution in [0.2, 0.25) is 0 Å². The summed E-state index contributed by atoms with van der Waals surface area (Å²) in [5.74, 6) is 0.825. The van der Waals surface area contributed by atoms with Gasteiger partial charge in [-0.2, -0.15) is 0 Å². The lowest BCUT2D eigenvalue weighted by molar-refractivity contribution is -0.644. The van der Waals surface area contributed by atoms with Crippen molar-refractivity contribution in [2.75, 3.05) is 38.2 Å². The Morgan fingerprint density at radius 2 is 1.86 bits per heavy atom. The third-order valence-electron chi connectivity index (χ3n) is 3.12. The Morgan fingerprint density at radius 3 is 2.55 bits per heavy atom. The summed E-state index contributed by atoms with van der Waals surface area (Å²) >= 11 is 0. The van der Waals surface area contributed by atoms with E-state index in [-0.39, 0.29) is 5.91 Å². The van der Waals surface area contributed by atoms with Gasteiger partial charge in [-0.3, -0.25) is 4.79 Å². The highest BCUT2D eigenvalue weighted by Gasteiger charge is 2.04. The number of quaternary nitrogens is 1. The molecule has 0 saturated heterocycles. The second-order valence-electron chi connectivity index (χ2n) is 5.11. The van der Waals surface area contributed by atoms with E-state index in [1.165, 1.54) is 0 Å². The molecule has 124 valence electrons. The van der Waals surface area contributed by atoms with Crippen molar-refractivity contribution < 1.29 is 19.6 Å². The van der Waals surface area contributed by atoms with Crippen molar-refractivity contribution in [1.82, 2.24) is 0 Å². The quantitative estimate of drug-likeness (QED) is 0.579. The molecule has 1 amide bonds. The van der Waals surface area contributed by atoms with Crippen molar-refractivity contribution in [1.29, 1.82) is 0 Å². The van der Waals surface area contributed by atoms with E-state index < -0.39 is 0 Å². The van der Waals surface area contributed by atoms with Gasteiger partial charge >= 0.3 is 0 Å². The fourth-order valence-electron chi connectivity index (χ4n) is 1.92. The van der Waals surface area contributed by atoms with Gasteiger partial charge in [0.15, 0.2) is 6.54 Å². The van der Waals surface area contributed by atoms with E-state index in [1.54, 1.807) is 0 Å². The van der Waals surface area contributed by atoms with Gasteiger partial charge in [0.25, 0.3) is 5.91 Å². The first-order chi connectivity index (χ1) is 10.8. The molecular formula is C17H29N2O3+. The number of hydrogen-bond donors (Lipinski definition) is 2. The molecule has 0 aliphatic rings. The van der Waals surface area contributed by atoms with Crippen molar-refractivity contribution in [3.8, 4) is 5.75 Å². The third kappa shape index (κ3) is 8.64. The number of nitrogens with two attached hydrogens (primary N) is 1. The van der Waals surface area contributed by atoms with Crippen molar-refractivity contribution >= 4 is 11.6 Å². The molecule has 0 atom stereocenters. The minimum atomic E-state index is 0.0102. The number of carbonyl (C=O) groups is 1. The van der Waals surface area contributed by atoms with Gasteiger partial charge in [0, 0.05) is 18.7 Å². The highest BCUT2D eigenvalue weighted by atomic mass is 16.5. The second kappa shape index (κ2) is 12.0. The molecule has 5 nitrogen and oxygen atoms in total. The molecule has 0 radical (unpaired) electrons. The average Bonchev–Trinajstić information content (AvgIpc) is 2.52. The van der Waals surface area contributed by atoms with Gasteiger partial charge in [-0.15, -0.1) is 0 Å². The zero-order valence-electron chi connectivity index (χ0n) is 13.8. The number of anilines is 1. The molecule has 0 aromatic heterocycles. The van der Waals surface area contributed by atoms with Crippen LogP contribution in [0, 0.1) is 0 Å². The van der Waals surface area contributed by atoms with E-state index in [9.17, 15) is 4.79 Å². The Balaban J connectivity index is 2.08. The van der Waals surface area contributed by atoms with Crippen molar-refractivity contribution in [3.63, 3.8) is 0 Å². The van der Waals surface area contributed by atoms with Crippen LogP contribution in [0.4, 0.5) is 5.69 Å². The van der Waals surface area contributed by atoms with Gasteiger partial charge in [-0.05, 0) is 37.6 Å². The van der Waals surface area contributed by atoms with Gasteiger partial charge < -0.3 is 20.1 Å². The van der Waals surface area contributed by atoms with E-state index >= 15 is 0 Å². The lowest BCUT2D eigenvalue weighted by Crippen LogP contribution is -2.86. The van der Waals surface area contributed by atoms with Crippen LogP contribution in [0.1, 0.15) is 33.1 Å². The molecule has 0 bridgehead atoms. The van der Waals surface area contributed by atoms with Gasteiger partial charge in [0.2, 0.25) is 0 Å². The van der Waals surface area contributed by atoms with Crippen molar-refractivity contribution in [2.24, 2.45) is 0 Å². The fourth-order valence-corrected chi connectivity index (χ4v) is 1.92. The number of benzene rings is 1. The lowest BCUT2D eigenvalue weighted by atomic mass is 10.3. The topological polar surface area (TPSA) is 64.2 Å². The average molecular weight is 309 g/mol. The van der Waals surface area contributed by atoms with Crippen LogP contribution < -0.4 is 15.4 Å². The third-order valence-corrected chi connectivity index (χ3v) is 3.12. The first-order valence-corrected chi connectivity index (χ1v) is 8.18. The molecule has 0 spiro atoms. The molecule has 0 heterocycles. The zero-order valence-corrected chi connectivity index (χ0v) is 13.8. The van der Waals surface area contributed by atoms with E-state index in [0.29, 0.717) is 13.2 Å². The molecule has 22 heavy (non-hydrogen) atoms. The Kier molecular flexibility index (Phi) is 10.1. The number of ether oxygens (including phenoxy) is 2. The molecule has 0 unspecified atom stereocenters. The standard InChI is InChI=1S/C17H28N2O3/c1-3-5-12-21-13-6-11-18-14-17(20)19-15-7-9-16(10-8-15)22-4-2/h7-10,18H,3-6,11-14H2,1-2H3,(H,19,20)/p+1. The summed E-state index contributed by atoms with van der Waals surface area (Å²) < 4.78 is 10.8. The zero-order chi connectivity index (χ0) is 16.0. The van der Waals surface area contributed by atoms with Gasteiger partial charge in [-0.1, -0.05) is 13.3 Å². The summed E-state index contributed by atoms with van der Waals surface area (Å²) in [6.07, 6.45) is 3.26. The number of rotatable bonds is 12. The lowest BCUT2D eigenvalue weighted by Gasteiger charge is -2.07. The minimum absolute atomic E-state index is 0.0102. The van der Waals surface area contributed by atoms with Crippen molar-refractivity contribution in [2.45, 2.75) is 33.1 Å². The molecule has 1 aromatic rings. The van der Waals surface area contributed by atoms with Crippen LogP contribution in [0.3, 0.4) is 0 Å².